The Kier molecular flexibility index (Phi) is 3.92. The third kappa shape index (κ3) is 2.98. The molecule has 0 atom stereocenters. The van der Waals surface area contributed by atoms with Crippen LogP contribution in [-0.4, -0.2) is 30.2 Å². The van der Waals surface area contributed by atoms with Crippen molar-refractivity contribution in [1.29, 1.82) is 0 Å². The fourth-order valence-electron chi connectivity index (χ4n) is 2.43. The van der Waals surface area contributed by atoms with Gasteiger partial charge in [0.15, 0.2) is 11.5 Å². The van der Waals surface area contributed by atoms with Crippen LogP contribution >= 0.6 is 0 Å². The van der Waals surface area contributed by atoms with E-state index in [4.69, 9.17) is 19.0 Å². The fraction of sp³-hybridized carbons (Fsp3) is 0.250. The summed E-state index contributed by atoms with van der Waals surface area (Å²) in [5.41, 5.74) is 1.26. The quantitative estimate of drug-likeness (QED) is 0.897. The molecule has 2 N–H and O–H groups in total. The van der Waals surface area contributed by atoms with Crippen LogP contribution in [0.2, 0.25) is 0 Å². The molecule has 1 aromatic heterocycles. The van der Waals surface area contributed by atoms with Crippen LogP contribution in [0.15, 0.2) is 28.9 Å². The van der Waals surface area contributed by atoms with Crippen LogP contribution in [0.5, 0.6) is 11.5 Å². The number of para-hydroxylation sites is 1. The highest BCUT2D eigenvalue weighted by Gasteiger charge is 2.23. The summed E-state index contributed by atoms with van der Waals surface area (Å²) in [6.07, 6.45) is 1.01. The summed E-state index contributed by atoms with van der Waals surface area (Å²) in [7, 11) is 0. The van der Waals surface area contributed by atoms with Gasteiger partial charge in [0.1, 0.15) is 25.4 Å². The minimum absolute atomic E-state index is 0.120. The first-order valence-electron chi connectivity index (χ1n) is 7.05. The van der Waals surface area contributed by atoms with Crippen LogP contribution in [0.25, 0.3) is 0 Å². The van der Waals surface area contributed by atoms with Gasteiger partial charge in [-0.05, 0) is 19.1 Å². The van der Waals surface area contributed by atoms with E-state index in [1.54, 1.807) is 25.1 Å². The third-order valence-corrected chi connectivity index (χ3v) is 3.40. The number of rotatable bonds is 4. The van der Waals surface area contributed by atoms with Gasteiger partial charge in [-0.2, -0.15) is 0 Å². The second kappa shape index (κ2) is 6.04. The summed E-state index contributed by atoms with van der Waals surface area (Å²) < 4.78 is 16.2. The van der Waals surface area contributed by atoms with Crippen molar-refractivity contribution in [1.82, 2.24) is 0 Å². The van der Waals surface area contributed by atoms with Gasteiger partial charge in [-0.3, -0.25) is 9.59 Å². The predicted octanol–water partition coefficient (Wildman–Crippen LogP) is 2.24. The topological polar surface area (TPSA) is 98.0 Å². The second-order valence-electron chi connectivity index (χ2n) is 5.07. The number of carbonyl (C=O) groups excluding carboxylic acids is 1. The average molecular weight is 317 g/mol. The molecule has 1 amide bonds. The Morgan fingerprint density at radius 1 is 1.26 bits per heavy atom. The summed E-state index contributed by atoms with van der Waals surface area (Å²) in [6.45, 7) is 2.53. The van der Waals surface area contributed by atoms with E-state index < -0.39 is 11.9 Å². The maximum atomic E-state index is 12.5. The highest BCUT2D eigenvalue weighted by atomic mass is 16.6. The molecule has 0 bridgehead atoms. The maximum Gasteiger partial charge on any atom is 0.311 e. The number of carboxylic acid groups (broad SMARTS) is 1. The standard InChI is InChI=1S/C16H15NO6/c1-9-8-23-12(7-13(18)19)14(9)16(20)17-10-3-2-4-11-15(10)22-6-5-21-11/h2-4,8H,5-7H2,1H3,(H,17,20)(H,18,19). The Labute approximate surface area is 131 Å². The minimum atomic E-state index is -1.07. The zero-order valence-electron chi connectivity index (χ0n) is 12.4. The Morgan fingerprint density at radius 3 is 2.83 bits per heavy atom. The normalized spacial score (nSPS) is 12.7. The van der Waals surface area contributed by atoms with Crippen molar-refractivity contribution in [3.05, 3.63) is 41.3 Å². The highest BCUT2D eigenvalue weighted by molar-refractivity contribution is 6.07. The minimum Gasteiger partial charge on any atom is -0.486 e. The first-order chi connectivity index (χ1) is 11.1. The molecule has 2 aromatic rings. The van der Waals surface area contributed by atoms with E-state index in [9.17, 15) is 9.59 Å². The van der Waals surface area contributed by atoms with Crippen molar-refractivity contribution < 1.29 is 28.6 Å². The number of carbonyl (C=O) groups is 2. The van der Waals surface area contributed by atoms with Gasteiger partial charge in [-0.25, -0.2) is 0 Å². The van der Waals surface area contributed by atoms with Crippen molar-refractivity contribution >= 4 is 17.6 Å². The SMILES string of the molecule is Cc1coc(CC(=O)O)c1C(=O)Nc1cccc2c1OCCO2. The van der Waals surface area contributed by atoms with E-state index in [0.29, 0.717) is 36.0 Å². The molecule has 7 nitrogen and oxygen atoms in total. The summed E-state index contributed by atoms with van der Waals surface area (Å²) >= 11 is 0. The lowest BCUT2D eigenvalue weighted by molar-refractivity contribution is -0.136. The number of benzene rings is 1. The van der Waals surface area contributed by atoms with Crippen LogP contribution in [0.3, 0.4) is 0 Å². The third-order valence-electron chi connectivity index (χ3n) is 3.40. The van der Waals surface area contributed by atoms with Crippen LogP contribution in [0.4, 0.5) is 5.69 Å². The average Bonchev–Trinajstić information content (AvgIpc) is 2.87. The molecule has 0 spiro atoms. The molecule has 7 heteroatoms. The molecule has 0 radical (unpaired) electrons. The maximum absolute atomic E-state index is 12.5. The predicted molar refractivity (Wildman–Crippen MR) is 80.2 cm³/mol. The summed E-state index contributed by atoms with van der Waals surface area (Å²) in [4.78, 5) is 23.4. The smallest absolute Gasteiger partial charge is 0.311 e. The molecule has 0 fully saturated rings. The lowest BCUT2D eigenvalue weighted by Crippen LogP contribution is -2.19. The number of fused-ring (bicyclic) bond motifs is 1. The molecular formula is C16H15NO6. The monoisotopic (exact) mass is 317 g/mol. The number of hydrogen-bond acceptors (Lipinski definition) is 5. The molecule has 1 aliphatic heterocycles. The lowest BCUT2D eigenvalue weighted by atomic mass is 10.1. The molecule has 0 unspecified atom stereocenters. The van der Waals surface area contributed by atoms with Crippen LogP contribution < -0.4 is 14.8 Å². The number of aryl methyl sites for hydroxylation is 1. The van der Waals surface area contributed by atoms with Gasteiger partial charge in [0.05, 0.1) is 17.5 Å². The molecule has 23 heavy (non-hydrogen) atoms. The number of carboxylic acids is 1. The van der Waals surface area contributed by atoms with Gasteiger partial charge in [0, 0.05) is 5.56 Å². The van der Waals surface area contributed by atoms with E-state index in [1.807, 2.05) is 0 Å². The Balaban J connectivity index is 1.88. The van der Waals surface area contributed by atoms with E-state index >= 15 is 0 Å². The molecule has 0 saturated carbocycles. The number of ether oxygens (including phenoxy) is 2. The second-order valence-corrected chi connectivity index (χ2v) is 5.07. The van der Waals surface area contributed by atoms with E-state index in [0.717, 1.165) is 0 Å². The van der Waals surface area contributed by atoms with Gasteiger partial charge >= 0.3 is 5.97 Å². The van der Waals surface area contributed by atoms with Gasteiger partial charge < -0.3 is 24.3 Å². The first kappa shape index (κ1) is 15.0. The number of anilines is 1. The number of nitrogens with one attached hydrogen (secondary N) is 1. The molecule has 2 heterocycles. The number of furan rings is 1. The van der Waals surface area contributed by atoms with Crippen molar-refractivity contribution in [2.45, 2.75) is 13.3 Å². The van der Waals surface area contributed by atoms with Gasteiger partial charge in [-0.1, -0.05) is 6.07 Å². The van der Waals surface area contributed by atoms with Crippen molar-refractivity contribution in [2.75, 3.05) is 18.5 Å². The molecule has 120 valence electrons. The molecule has 1 aromatic carbocycles. The molecule has 0 saturated heterocycles. The Hall–Kier alpha value is -2.96. The van der Waals surface area contributed by atoms with Crippen LogP contribution in [0, 0.1) is 6.92 Å². The zero-order chi connectivity index (χ0) is 16.4. The summed E-state index contributed by atoms with van der Waals surface area (Å²) in [5, 5.41) is 11.6. The Bertz CT molecular complexity index is 764. The van der Waals surface area contributed by atoms with Crippen LogP contribution in [-0.2, 0) is 11.2 Å². The summed E-state index contributed by atoms with van der Waals surface area (Å²) in [5.74, 6) is -0.372. The van der Waals surface area contributed by atoms with E-state index in [1.165, 1.54) is 6.26 Å². The molecular weight excluding hydrogens is 302 g/mol. The largest absolute Gasteiger partial charge is 0.486 e. The number of hydrogen-bond donors (Lipinski definition) is 2. The van der Waals surface area contributed by atoms with E-state index in [2.05, 4.69) is 5.32 Å². The number of aliphatic carboxylic acids is 1. The van der Waals surface area contributed by atoms with Crippen LogP contribution in [0.1, 0.15) is 21.7 Å². The Morgan fingerprint density at radius 2 is 2.04 bits per heavy atom. The van der Waals surface area contributed by atoms with E-state index in [-0.39, 0.29) is 17.7 Å². The van der Waals surface area contributed by atoms with Gasteiger partial charge in [-0.15, -0.1) is 0 Å². The lowest BCUT2D eigenvalue weighted by Gasteiger charge is -2.21. The van der Waals surface area contributed by atoms with Gasteiger partial charge in [0.2, 0.25) is 0 Å². The zero-order valence-corrected chi connectivity index (χ0v) is 12.4. The molecule has 0 aliphatic carbocycles. The molecule has 3 rings (SSSR count). The summed E-state index contributed by atoms with van der Waals surface area (Å²) in [6, 6.07) is 5.18. The fourth-order valence-corrected chi connectivity index (χ4v) is 2.43. The highest BCUT2D eigenvalue weighted by Crippen LogP contribution is 2.37. The first-order valence-corrected chi connectivity index (χ1v) is 7.05. The number of amides is 1. The van der Waals surface area contributed by atoms with Crippen molar-refractivity contribution in [3.63, 3.8) is 0 Å². The van der Waals surface area contributed by atoms with Crippen molar-refractivity contribution in [2.24, 2.45) is 0 Å². The molecule has 1 aliphatic rings. The van der Waals surface area contributed by atoms with Crippen molar-refractivity contribution in [3.8, 4) is 11.5 Å². The van der Waals surface area contributed by atoms with Gasteiger partial charge in [0.25, 0.3) is 5.91 Å².